The first-order valence-electron chi connectivity index (χ1n) is 6.09. The summed E-state index contributed by atoms with van der Waals surface area (Å²) in [5, 5.41) is 3.83. The topological polar surface area (TPSA) is 68.5 Å². The second kappa shape index (κ2) is 5.19. The van der Waals surface area contributed by atoms with E-state index in [0.29, 0.717) is 37.8 Å². The number of carbonyl (C=O) groups is 1. The summed E-state index contributed by atoms with van der Waals surface area (Å²) in [7, 11) is 0. The molecule has 2 aromatic rings. The van der Waals surface area contributed by atoms with Crippen LogP contribution in [0.3, 0.4) is 0 Å². The number of rotatable bonds is 2. The zero-order valence-electron chi connectivity index (χ0n) is 10.3. The maximum atomic E-state index is 12.2. The van der Waals surface area contributed by atoms with Crippen molar-refractivity contribution in [2.75, 3.05) is 26.3 Å². The van der Waals surface area contributed by atoms with Gasteiger partial charge in [0.2, 0.25) is 0 Å². The summed E-state index contributed by atoms with van der Waals surface area (Å²) in [4.78, 5) is 17.9. The van der Waals surface area contributed by atoms with Gasteiger partial charge in [-0.2, -0.15) is 0 Å². The summed E-state index contributed by atoms with van der Waals surface area (Å²) in [6.07, 6.45) is 3.35. The third-order valence-corrected chi connectivity index (χ3v) is 2.97. The van der Waals surface area contributed by atoms with E-state index >= 15 is 0 Å². The smallest absolute Gasteiger partial charge is 0.276 e. The normalized spacial score (nSPS) is 15.5. The number of hydrogen-bond donors (Lipinski definition) is 0. The van der Waals surface area contributed by atoms with Gasteiger partial charge in [-0.3, -0.25) is 9.78 Å². The highest BCUT2D eigenvalue weighted by Crippen LogP contribution is 2.19. The van der Waals surface area contributed by atoms with Crippen molar-refractivity contribution >= 4 is 5.91 Å². The Labute approximate surface area is 110 Å². The number of hydrogen-bond acceptors (Lipinski definition) is 5. The van der Waals surface area contributed by atoms with Crippen LogP contribution in [0.15, 0.2) is 35.1 Å². The zero-order chi connectivity index (χ0) is 13.1. The Kier molecular flexibility index (Phi) is 3.24. The van der Waals surface area contributed by atoms with Crippen molar-refractivity contribution in [3.8, 4) is 11.3 Å². The van der Waals surface area contributed by atoms with E-state index < -0.39 is 0 Å². The minimum atomic E-state index is -0.123. The molecule has 0 aliphatic carbocycles. The van der Waals surface area contributed by atoms with Gasteiger partial charge in [-0.25, -0.2) is 0 Å². The fourth-order valence-corrected chi connectivity index (χ4v) is 1.95. The predicted molar refractivity (Wildman–Crippen MR) is 66.5 cm³/mol. The third kappa shape index (κ3) is 2.48. The lowest BCUT2D eigenvalue weighted by atomic mass is 10.2. The second-order valence-corrected chi connectivity index (χ2v) is 4.22. The number of morpholine rings is 1. The molecule has 6 nitrogen and oxygen atoms in total. The summed E-state index contributed by atoms with van der Waals surface area (Å²) in [6.45, 7) is 2.32. The molecule has 0 saturated carbocycles. The largest absolute Gasteiger partial charge is 0.378 e. The van der Waals surface area contributed by atoms with E-state index in [1.165, 1.54) is 0 Å². The van der Waals surface area contributed by atoms with E-state index in [1.54, 1.807) is 29.4 Å². The van der Waals surface area contributed by atoms with Gasteiger partial charge in [-0.1, -0.05) is 5.16 Å². The van der Waals surface area contributed by atoms with Crippen molar-refractivity contribution in [1.82, 2.24) is 15.0 Å². The molecule has 1 fully saturated rings. The molecule has 0 spiro atoms. The maximum absolute atomic E-state index is 12.2. The van der Waals surface area contributed by atoms with Crippen molar-refractivity contribution in [3.63, 3.8) is 0 Å². The maximum Gasteiger partial charge on any atom is 0.276 e. The minimum absolute atomic E-state index is 0.123. The Bertz CT molecular complexity index is 562. The van der Waals surface area contributed by atoms with Crippen LogP contribution >= 0.6 is 0 Å². The first kappa shape index (κ1) is 11.9. The highest BCUT2D eigenvalue weighted by molar-refractivity contribution is 5.93. The van der Waals surface area contributed by atoms with Crippen molar-refractivity contribution in [2.24, 2.45) is 0 Å². The van der Waals surface area contributed by atoms with Crippen LogP contribution in [-0.2, 0) is 4.74 Å². The molecule has 6 heteroatoms. The van der Waals surface area contributed by atoms with Crippen LogP contribution < -0.4 is 0 Å². The fourth-order valence-electron chi connectivity index (χ4n) is 1.95. The molecule has 0 aromatic carbocycles. The molecular weight excluding hydrogens is 246 g/mol. The number of amides is 1. The number of nitrogens with zero attached hydrogens (tertiary/aromatic N) is 3. The second-order valence-electron chi connectivity index (χ2n) is 4.22. The third-order valence-electron chi connectivity index (χ3n) is 2.97. The quantitative estimate of drug-likeness (QED) is 0.810. The standard InChI is InChI=1S/C13H13N3O3/c17-13(16-4-6-18-7-5-16)11-8-12(19-15-11)10-2-1-3-14-9-10/h1-3,8-9H,4-7H2. The number of pyridine rings is 1. The van der Waals surface area contributed by atoms with Gasteiger partial charge in [0.1, 0.15) is 0 Å². The Morgan fingerprint density at radius 1 is 1.32 bits per heavy atom. The fraction of sp³-hybridized carbons (Fsp3) is 0.308. The number of carbonyl (C=O) groups excluding carboxylic acids is 1. The molecule has 1 saturated heterocycles. The SMILES string of the molecule is O=C(c1cc(-c2cccnc2)on1)N1CCOCC1. The molecule has 0 N–H and O–H groups in total. The highest BCUT2D eigenvalue weighted by Gasteiger charge is 2.22. The van der Waals surface area contributed by atoms with E-state index in [4.69, 9.17) is 9.26 Å². The average Bonchev–Trinajstić information content (AvgIpc) is 2.98. The van der Waals surface area contributed by atoms with E-state index in [0.717, 1.165) is 5.56 Å². The van der Waals surface area contributed by atoms with Crippen LogP contribution in [0.2, 0.25) is 0 Å². The summed E-state index contributed by atoms with van der Waals surface area (Å²) in [5.74, 6) is 0.423. The molecule has 0 atom stereocenters. The molecule has 0 bridgehead atoms. The van der Waals surface area contributed by atoms with Crippen LogP contribution in [0.25, 0.3) is 11.3 Å². The molecule has 1 aliphatic rings. The summed E-state index contributed by atoms with van der Waals surface area (Å²) in [5.41, 5.74) is 1.12. The predicted octanol–water partition coefficient (Wildman–Crippen LogP) is 1.21. The Balaban J connectivity index is 1.79. The van der Waals surface area contributed by atoms with E-state index in [-0.39, 0.29) is 5.91 Å². The van der Waals surface area contributed by atoms with Gasteiger partial charge in [-0.05, 0) is 12.1 Å². The van der Waals surface area contributed by atoms with Crippen molar-refractivity contribution in [3.05, 3.63) is 36.3 Å². The van der Waals surface area contributed by atoms with Crippen molar-refractivity contribution in [2.45, 2.75) is 0 Å². The molecular formula is C13H13N3O3. The number of aromatic nitrogens is 2. The molecule has 3 heterocycles. The average molecular weight is 259 g/mol. The Morgan fingerprint density at radius 3 is 2.89 bits per heavy atom. The monoisotopic (exact) mass is 259 g/mol. The van der Waals surface area contributed by atoms with Crippen LogP contribution in [0.4, 0.5) is 0 Å². The molecule has 1 aliphatic heterocycles. The number of ether oxygens (including phenoxy) is 1. The lowest BCUT2D eigenvalue weighted by molar-refractivity contribution is 0.0296. The zero-order valence-corrected chi connectivity index (χ0v) is 10.3. The summed E-state index contributed by atoms with van der Waals surface area (Å²) >= 11 is 0. The van der Waals surface area contributed by atoms with E-state index in [1.807, 2.05) is 6.07 Å². The molecule has 3 rings (SSSR count). The first-order chi connectivity index (χ1) is 9.34. The van der Waals surface area contributed by atoms with E-state index in [2.05, 4.69) is 10.1 Å². The van der Waals surface area contributed by atoms with Crippen LogP contribution in [-0.4, -0.2) is 47.3 Å². The van der Waals surface area contributed by atoms with Gasteiger partial charge < -0.3 is 14.2 Å². The van der Waals surface area contributed by atoms with Crippen molar-refractivity contribution in [1.29, 1.82) is 0 Å². The van der Waals surface area contributed by atoms with Gasteiger partial charge >= 0.3 is 0 Å². The van der Waals surface area contributed by atoms with Crippen LogP contribution in [0, 0.1) is 0 Å². The van der Waals surface area contributed by atoms with Gasteiger partial charge in [0.05, 0.1) is 13.2 Å². The van der Waals surface area contributed by atoms with Gasteiger partial charge in [0, 0.05) is 37.1 Å². The lowest BCUT2D eigenvalue weighted by Crippen LogP contribution is -2.40. The van der Waals surface area contributed by atoms with Crippen molar-refractivity contribution < 1.29 is 14.1 Å². The Morgan fingerprint density at radius 2 is 2.16 bits per heavy atom. The summed E-state index contributed by atoms with van der Waals surface area (Å²) < 4.78 is 10.4. The Hall–Kier alpha value is -2.21. The highest BCUT2D eigenvalue weighted by atomic mass is 16.5. The summed E-state index contributed by atoms with van der Waals surface area (Å²) in [6, 6.07) is 5.31. The van der Waals surface area contributed by atoms with Gasteiger partial charge in [0.25, 0.3) is 5.91 Å². The van der Waals surface area contributed by atoms with Crippen LogP contribution in [0.5, 0.6) is 0 Å². The molecule has 98 valence electrons. The van der Waals surface area contributed by atoms with E-state index in [9.17, 15) is 4.79 Å². The molecule has 1 amide bonds. The first-order valence-corrected chi connectivity index (χ1v) is 6.09. The molecule has 0 unspecified atom stereocenters. The lowest BCUT2D eigenvalue weighted by Gasteiger charge is -2.25. The molecule has 2 aromatic heterocycles. The molecule has 0 radical (unpaired) electrons. The minimum Gasteiger partial charge on any atom is -0.378 e. The van der Waals surface area contributed by atoms with Gasteiger partial charge in [0.15, 0.2) is 11.5 Å². The van der Waals surface area contributed by atoms with Crippen LogP contribution in [0.1, 0.15) is 10.5 Å². The molecule has 19 heavy (non-hydrogen) atoms. The van der Waals surface area contributed by atoms with Gasteiger partial charge in [-0.15, -0.1) is 0 Å².